The van der Waals surface area contributed by atoms with Crippen molar-refractivity contribution in [2.24, 2.45) is 0 Å². The van der Waals surface area contributed by atoms with E-state index in [0.29, 0.717) is 11.6 Å². The highest BCUT2D eigenvalue weighted by atomic mass is 35.5. The van der Waals surface area contributed by atoms with Crippen molar-refractivity contribution >= 4 is 17.5 Å². The molecule has 1 fully saturated rings. The van der Waals surface area contributed by atoms with Crippen LogP contribution in [0.3, 0.4) is 0 Å². The van der Waals surface area contributed by atoms with Crippen LogP contribution >= 0.6 is 11.6 Å². The molecule has 0 unspecified atom stereocenters. The molecule has 3 heterocycles. The zero-order valence-corrected chi connectivity index (χ0v) is 17.3. The quantitative estimate of drug-likeness (QED) is 0.632. The fourth-order valence-electron chi connectivity index (χ4n) is 3.97. The van der Waals surface area contributed by atoms with Gasteiger partial charge in [-0.3, -0.25) is 4.90 Å². The van der Waals surface area contributed by atoms with Gasteiger partial charge in [0.1, 0.15) is 5.75 Å². The molecule has 2 aromatic carbocycles. The summed E-state index contributed by atoms with van der Waals surface area (Å²) in [6.07, 6.45) is 3.18. The van der Waals surface area contributed by atoms with Gasteiger partial charge in [-0.2, -0.15) is 0 Å². The predicted molar refractivity (Wildman–Crippen MR) is 116 cm³/mol. The van der Waals surface area contributed by atoms with E-state index in [4.69, 9.17) is 21.1 Å². The lowest BCUT2D eigenvalue weighted by Crippen LogP contribution is -2.46. The summed E-state index contributed by atoms with van der Waals surface area (Å²) in [5, 5.41) is 0.713. The lowest BCUT2D eigenvalue weighted by Gasteiger charge is -2.35. The number of piperazine rings is 1. The Labute approximate surface area is 181 Å². The maximum absolute atomic E-state index is 6.40. The van der Waals surface area contributed by atoms with E-state index < -0.39 is 6.29 Å². The Morgan fingerprint density at radius 3 is 2.50 bits per heavy atom. The smallest absolute Gasteiger partial charge is 0.227 e. The topological polar surface area (TPSA) is 50.7 Å². The molecule has 5 rings (SSSR count). The first kappa shape index (κ1) is 19.3. The molecule has 0 saturated carbocycles. The average molecular weight is 423 g/mol. The third-order valence-corrected chi connectivity index (χ3v) is 5.71. The van der Waals surface area contributed by atoms with E-state index in [9.17, 15) is 0 Å². The Balaban J connectivity index is 1.31. The number of aromatic nitrogens is 2. The van der Waals surface area contributed by atoms with Gasteiger partial charge in [-0.05, 0) is 18.2 Å². The van der Waals surface area contributed by atoms with Crippen LogP contribution in [0.15, 0.2) is 60.9 Å². The SMILES string of the molecule is Clc1cc2c(c(CN3CCN(c4ncccn4)CC3)c1)O[C@@H](c1ccccc1)OC2. The van der Waals surface area contributed by atoms with Gasteiger partial charge in [-0.15, -0.1) is 0 Å². The van der Waals surface area contributed by atoms with Crippen LogP contribution in [0.25, 0.3) is 0 Å². The van der Waals surface area contributed by atoms with Gasteiger partial charge in [0.15, 0.2) is 0 Å². The lowest BCUT2D eigenvalue weighted by molar-refractivity contribution is -0.112. The standard InChI is InChI=1S/C23H23ClN4O2/c24-20-13-18(15-27-9-11-28(12-10-27)23-25-7-4-8-26-23)21-19(14-20)16-29-22(30-21)17-5-2-1-3-6-17/h1-8,13-14,22H,9-12,15-16H2/t22-/m0/s1. The van der Waals surface area contributed by atoms with Crippen LogP contribution in [0.4, 0.5) is 5.95 Å². The van der Waals surface area contributed by atoms with Gasteiger partial charge in [-0.1, -0.05) is 41.9 Å². The number of hydrogen-bond donors (Lipinski definition) is 0. The van der Waals surface area contributed by atoms with E-state index in [-0.39, 0.29) is 0 Å². The summed E-state index contributed by atoms with van der Waals surface area (Å²) in [6.45, 7) is 4.92. The van der Waals surface area contributed by atoms with Crippen molar-refractivity contribution in [3.05, 3.63) is 82.6 Å². The highest BCUT2D eigenvalue weighted by molar-refractivity contribution is 6.30. The van der Waals surface area contributed by atoms with Crippen molar-refractivity contribution in [3.8, 4) is 5.75 Å². The van der Waals surface area contributed by atoms with Crippen LogP contribution in [0, 0.1) is 0 Å². The minimum absolute atomic E-state index is 0.397. The van der Waals surface area contributed by atoms with Gasteiger partial charge in [0.05, 0.1) is 6.61 Å². The van der Waals surface area contributed by atoms with E-state index in [1.54, 1.807) is 12.4 Å². The number of anilines is 1. The van der Waals surface area contributed by atoms with Crippen LogP contribution in [-0.4, -0.2) is 41.0 Å². The van der Waals surface area contributed by atoms with Crippen molar-refractivity contribution in [1.29, 1.82) is 0 Å². The summed E-state index contributed by atoms with van der Waals surface area (Å²) in [6, 6.07) is 15.8. The summed E-state index contributed by atoms with van der Waals surface area (Å²) in [7, 11) is 0. The second-order valence-corrected chi connectivity index (χ2v) is 7.97. The maximum atomic E-state index is 6.40. The predicted octanol–water partition coefficient (Wildman–Crippen LogP) is 4.06. The van der Waals surface area contributed by atoms with E-state index in [1.165, 1.54) is 0 Å². The Hall–Kier alpha value is -2.67. The van der Waals surface area contributed by atoms with Gasteiger partial charge in [0, 0.05) is 66.8 Å². The average Bonchev–Trinajstić information content (AvgIpc) is 2.80. The number of fused-ring (bicyclic) bond motifs is 1. The van der Waals surface area contributed by atoms with Gasteiger partial charge >= 0.3 is 0 Å². The number of rotatable bonds is 4. The van der Waals surface area contributed by atoms with E-state index in [1.807, 2.05) is 48.5 Å². The molecule has 1 aromatic heterocycles. The number of benzene rings is 2. The first-order valence-electron chi connectivity index (χ1n) is 10.1. The van der Waals surface area contributed by atoms with E-state index in [0.717, 1.165) is 61.1 Å². The van der Waals surface area contributed by atoms with Crippen molar-refractivity contribution in [2.45, 2.75) is 19.4 Å². The van der Waals surface area contributed by atoms with Crippen LogP contribution in [0.2, 0.25) is 5.02 Å². The van der Waals surface area contributed by atoms with E-state index in [2.05, 4.69) is 19.8 Å². The van der Waals surface area contributed by atoms with Gasteiger partial charge in [-0.25, -0.2) is 9.97 Å². The molecule has 0 bridgehead atoms. The zero-order valence-electron chi connectivity index (χ0n) is 16.6. The van der Waals surface area contributed by atoms with Gasteiger partial charge < -0.3 is 14.4 Å². The first-order chi connectivity index (χ1) is 14.8. The monoisotopic (exact) mass is 422 g/mol. The molecule has 2 aliphatic heterocycles. The van der Waals surface area contributed by atoms with Gasteiger partial charge in [0.2, 0.25) is 12.2 Å². The molecule has 154 valence electrons. The van der Waals surface area contributed by atoms with E-state index >= 15 is 0 Å². The molecule has 0 N–H and O–H groups in total. The second kappa shape index (κ2) is 8.60. The number of halogens is 1. The number of nitrogens with zero attached hydrogens (tertiary/aromatic N) is 4. The lowest BCUT2D eigenvalue weighted by atomic mass is 10.1. The van der Waals surface area contributed by atoms with Crippen molar-refractivity contribution in [3.63, 3.8) is 0 Å². The Morgan fingerprint density at radius 2 is 1.73 bits per heavy atom. The summed E-state index contributed by atoms with van der Waals surface area (Å²) < 4.78 is 12.2. The Kier molecular flexibility index (Phi) is 5.53. The third-order valence-electron chi connectivity index (χ3n) is 5.50. The molecule has 0 radical (unpaired) electrons. The Bertz CT molecular complexity index is 995. The zero-order chi connectivity index (χ0) is 20.3. The van der Waals surface area contributed by atoms with Crippen LogP contribution < -0.4 is 9.64 Å². The first-order valence-corrected chi connectivity index (χ1v) is 10.5. The molecule has 30 heavy (non-hydrogen) atoms. The normalized spacial score (nSPS) is 19.2. The third kappa shape index (κ3) is 4.12. The minimum Gasteiger partial charge on any atom is -0.460 e. The number of hydrogen-bond acceptors (Lipinski definition) is 6. The fraction of sp³-hybridized carbons (Fsp3) is 0.304. The highest BCUT2D eigenvalue weighted by Crippen LogP contribution is 2.38. The molecule has 7 heteroatoms. The molecular weight excluding hydrogens is 400 g/mol. The molecule has 2 aliphatic rings. The molecule has 3 aromatic rings. The molecule has 6 nitrogen and oxygen atoms in total. The number of ether oxygens (including phenoxy) is 2. The van der Waals surface area contributed by atoms with Gasteiger partial charge in [0.25, 0.3) is 0 Å². The second-order valence-electron chi connectivity index (χ2n) is 7.54. The van der Waals surface area contributed by atoms with Crippen LogP contribution in [0.1, 0.15) is 23.0 Å². The summed E-state index contributed by atoms with van der Waals surface area (Å²) in [4.78, 5) is 13.4. The van der Waals surface area contributed by atoms with Crippen molar-refractivity contribution < 1.29 is 9.47 Å². The summed E-state index contributed by atoms with van der Waals surface area (Å²) >= 11 is 6.40. The summed E-state index contributed by atoms with van der Waals surface area (Å²) in [5.74, 6) is 1.69. The maximum Gasteiger partial charge on any atom is 0.227 e. The molecule has 1 saturated heterocycles. The molecule has 0 amide bonds. The minimum atomic E-state index is -0.397. The van der Waals surface area contributed by atoms with Crippen molar-refractivity contribution in [2.75, 3.05) is 31.1 Å². The molecule has 0 aliphatic carbocycles. The van der Waals surface area contributed by atoms with Crippen molar-refractivity contribution in [1.82, 2.24) is 14.9 Å². The van der Waals surface area contributed by atoms with Crippen LogP contribution in [-0.2, 0) is 17.9 Å². The Morgan fingerprint density at radius 1 is 0.967 bits per heavy atom. The molecular formula is C23H23ClN4O2. The molecule has 0 spiro atoms. The van der Waals surface area contributed by atoms with Crippen LogP contribution in [0.5, 0.6) is 5.75 Å². The highest BCUT2D eigenvalue weighted by Gasteiger charge is 2.26. The summed E-state index contributed by atoms with van der Waals surface area (Å²) in [5.41, 5.74) is 3.12. The molecule has 1 atom stereocenters. The fourth-order valence-corrected chi connectivity index (χ4v) is 4.23. The largest absolute Gasteiger partial charge is 0.460 e.